The van der Waals surface area contributed by atoms with Crippen LogP contribution in [0.5, 0.6) is 0 Å². The fourth-order valence-electron chi connectivity index (χ4n) is 2.48. The second kappa shape index (κ2) is 5.03. The fourth-order valence-corrected chi connectivity index (χ4v) is 2.48. The molecule has 1 saturated heterocycles. The van der Waals surface area contributed by atoms with Crippen LogP contribution in [0.15, 0.2) is 6.20 Å². The van der Waals surface area contributed by atoms with E-state index in [1.165, 1.54) is 0 Å². The summed E-state index contributed by atoms with van der Waals surface area (Å²) in [6, 6.07) is -0.932. The number of piperazine rings is 1. The monoisotopic (exact) mass is 264 g/mol. The summed E-state index contributed by atoms with van der Waals surface area (Å²) in [5.41, 5.74) is 1.60. The van der Waals surface area contributed by atoms with Crippen molar-refractivity contribution in [3.05, 3.63) is 11.9 Å². The van der Waals surface area contributed by atoms with Gasteiger partial charge in [-0.1, -0.05) is 13.8 Å². The quantitative estimate of drug-likeness (QED) is 0.870. The minimum Gasteiger partial charge on any atom is -0.343 e. The van der Waals surface area contributed by atoms with Crippen LogP contribution in [0.1, 0.15) is 32.9 Å². The Bertz CT molecular complexity index is 509. The Morgan fingerprint density at radius 3 is 2.63 bits per heavy atom. The van der Waals surface area contributed by atoms with Gasteiger partial charge in [-0.05, 0) is 19.8 Å². The zero-order valence-corrected chi connectivity index (χ0v) is 11.8. The molecule has 6 nitrogen and oxygen atoms in total. The van der Waals surface area contributed by atoms with Crippen molar-refractivity contribution in [1.29, 1.82) is 0 Å². The zero-order chi connectivity index (χ0) is 14.2. The van der Waals surface area contributed by atoms with Crippen LogP contribution in [-0.2, 0) is 23.1 Å². The number of nitrogens with zero attached hydrogens (tertiary/aromatic N) is 3. The summed E-state index contributed by atoms with van der Waals surface area (Å²) >= 11 is 0. The van der Waals surface area contributed by atoms with Gasteiger partial charge in [0.15, 0.2) is 0 Å². The van der Waals surface area contributed by atoms with E-state index in [0.717, 1.165) is 17.8 Å². The van der Waals surface area contributed by atoms with E-state index in [2.05, 4.69) is 10.4 Å². The van der Waals surface area contributed by atoms with Crippen molar-refractivity contribution in [2.75, 3.05) is 4.90 Å². The third-order valence-electron chi connectivity index (χ3n) is 3.45. The van der Waals surface area contributed by atoms with E-state index in [1.807, 2.05) is 27.1 Å². The van der Waals surface area contributed by atoms with Crippen molar-refractivity contribution in [3.63, 3.8) is 0 Å². The Hall–Kier alpha value is -1.85. The van der Waals surface area contributed by atoms with E-state index in [-0.39, 0.29) is 11.8 Å². The Kier molecular flexibility index (Phi) is 3.59. The minimum atomic E-state index is -0.486. The molecule has 6 heteroatoms. The molecule has 2 heterocycles. The molecular formula is C13H20N4O2. The summed E-state index contributed by atoms with van der Waals surface area (Å²) in [6.07, 6.45) is 3.12. The summed E-state index contributed by atoms with van der Waals surface area (Å²) in [6.45, 7) is 5.61. The van der Waals surface area contributed by atoms with Gasteiger partial charge < -0.3 is 5.32 Å². The highest BCUT2D eigenvalue weighted by Gasteiger charge is 2.39. The van der Waals surface area contributed by atoms with Crippen LogP contribution in [0.2, 0.25) is 0 Å². The van der Waals surface area contributed by atoms with Gasteiger partial charge in [-0.25, -0.2) is 0 Å². The van der Waals surface area contributed by atoms with E-state index in [9.17, 15) is 9.59 Å². The lowest BCUT2D eigenvalue weighted by molar-refractivity contribution is -0.133. The van der Waals surface area contributed by atoms with Crippen molar-refractivity contribution in [2.45, 2.75) is 45.7 Å². The van der Waals surface area contributed by atoms with Crippen LogP contribution in [-0.4, -0.2) is 33.7 Å². The number of carbonyl (C=O) groups is 2. The molecule has 2 rings (SSSR count). The minimum absolute atomic E-state index is 0.0749. The molecule has 1 aromatic heterocycles. The third-order valence-corrected chi connectivity index (χ3v) is 3.45. The van der Waals surface area contributed by atoms with Crippen molar-refractivity contribution in [3.8, 4) is 0 Å². The summed E-state index contributed by atoms with van der Waals surface area (Å²) < 4.78 is 1.69. The number of carbonyl (C=O) groups excluding carboxylic acids is 2. The zero-order valence-electron chi connectivity index (χ0n) is 11.8. The molecule has 1 N–H and O–H groups in total. The number of rotatable bonds is 3. The van der Waals surface area contributed by atoms with Gasteiger partial charge in [0.05, 0.1) is 11.4 Å². The number of aryl methyl sites for hydroxylation is 2. The van der Waals surface area contributed by atoms with Crippen LogP contribution in [0.4, 0.5) is 5.69 Å². The lowest BCUT2D eigenvalue weighted by Crippen LogP contribution is -2.62. The largest absolute Gasteiger partial charge is 0.343 e. The molecule has 0 aromatic carbocycles. The summed E-state index contributed by atoms with van der Waals surface area (Å²) in [5, 5.41) is 7.07. The average Bonchev–Trinajstić information content (AvgIpc) is 2.74. The molecule has 19 heavy (non-hydrogen) atoms. The molecule has 1 aliphatic heterocycles. The Labute approximate surface area is 112 Å². The van der Waals surface area contributed by atoms with E-state index in [4.69, 9.17) is 0 Å². The first-order valence-electron chi connectivity index (χ1n) is 6.65. The number of amides is 2. The first-order chi connectivity index (χ1) is 8.99. The molecular weight excluding hydrogens is 244 g/mol. The lowest BCUT2D eigenvalue weighted by atomic mass is 10.0. The average molecular weight is 264 g/mol. The Morgan fingerprint density at radius 1 is 1.37 bits per heavy atom. The molecule has 0 aliphatic carbocycles. The SMILES string of the molecule is CCc1nn(C)cc1N1C(=O)C(C)NC(=O)C1CC. The highest BCUT2D eigenvalue weighted by molar-refractivity contribution is 6.08. The number of hydrogen-bond donors (Lipinski definition) is 1. The van der Waals surface area contributed by atoms with Crippen LogP contribution >= 0.6 is 0 Å². The van der Waals surface area contributed by atoms with Crippen molar-refractivity contribution in [2.24, 2.45) is 7.05 Å². The smallest absolute Gasteiger partial charge is 0.250 e. The first kappa shape index (κ1) is 13.6. The molecule has 1 fully saturated rings. The molecule has 104 valence electrons. The molecule has 1 aliphatic rings. The molecule has 0 spiro atoms. The summed E-state index contributed by atoms with van der Waals surface area (Å²) in [7, 11) is 1.82. The van der Waals surface area contributed by atoms with Gasteiger partial charge in [-0.15, -0.1) is 0 Å². The standard InChI is InChI=1S/C13H20N4O2/c1-5-9-11(7-16(4)15-9)17-10(6-2)12(18)14-8(3)13(17)19/h7-8,10H,5-6H2,1-4H3,(H,14,18). The van der Waals surface area contributed by atoms with E-state index < -0.39 is 12.1 Å². The number of anilines is 1. The second-order valence-corrected chi connectivity index (χ2v) is 4.85. The topological polar surface area (TPSA) is 67.2 Å². The fraction of sp³-hybridized carbons (Fsp3) is 0.615. The van der Waals surface area contributed by atoms with Gasteiger partial charge in [0.2, 0.25) is 11.8 Å². The number of aromatic nitrogens is 2. The normalized spacial score (nSPS) is 23.7. The highest BCUT2D eigenvalue weighted by atomic mass is 16.2. The van der Waals surface area contributed by atoms with E-state index in [1.54, 1.807) is 16.5 Å². The first-order valence-corrected chi connectivity index (χ1v) is 6.65. The van der Waals surface area contributed by atoms with E-state index in [0.29, 0.717) is 6.42 Å². The maximum atomic E-state index is 12.4. The molecule has 2 amide bonds. The Morgan fingerprint density at radius 2 is 2.05 bits per heavy atom. The van der Waals surface area contributed by atoms with Gasteiger partial charge in [0.1, 0.15) is 12.1 Å². The van der Waals surface area contributed by atoms with Crippen LogP contribution in [0.3, 0.4) is 0 Å². The number of nitrogens with one attached hydrogen (secondary N) is 1. The molecule has 0 radical (unpaired) electrons. The summed E-state index contributed by atoms with van der Waals surface area (Å²) in [5.74, 6) is -0.172. The molecule has 0 saturated carbocycles. The van der Waals surface area contributed by atoms with Gasteiger partial charge in [-0.2, -0.15) is 5.10 Å². The maximum absolute atomic E-state index is 12.4. The number of hydrogen-bond acceptors (Lipinski definition) is 3. The predicted molar refractivity (Wildman–Crippen MR) is 71.8 cm³/mol. The second-order valence-electron chi connectivity index (χ2n) is 4.85. The van der Waals surface area contributed by atoms with E-state index >= 15 is 0 Å². The summed E-state index contributed by atoms with van der Waals surface area (Å²) in [4.78, 5) is 26.0. The van der Waals surface area contributed by atoms with Crippen LogP contribution < -0.4 is 10.2 Å². The molecule has 0 bridgehead atoms. The van der Waals surface area contributed by atoms with Gasteiger partial charge in [0.25, 0.3) is 0 Å². The molecule has 2 unspecified atom stereocenters. The van der Waals surface area contributed by atoms with Crippen LogP contribution in [0.25, 0.3) is 0 Å². The van der Waals surface area contributed by atoms with Crippen LogP contribution in [0, 0.1) is 0 Å². The molecule has 2 atom stereocenters. The van der Waals surface area contributed by atoms with Gasteiger partial charge >= 0.3 is 0 Å². The van der Waals surface area contributed by atoms with Gasteiger partial charge in [0, 0.05) is 13.2 Å². The van der Waals surface area contributed by atoms with Crippen molar-refractivity contribution in [1.82, 2.24) is 15.1 Å². The predicted octanol–water partition coefficient (Wildman–Crippen LogP) is 0.612. The lowest BCUT2D eigenvalue weighted by Gasteiger charge is -2.37. The van der Waals surface area contributed by atoms with Crippen molar-refractivity contribution >= 4 is 17.5 Å². The van der Waals surface area contributed by atoms with Crippen molar-refractivity contribution < 1.29 is 9.59 Å². The highest BCUT2D eigenvalue weighted by Crippen LogP contribution is 2.26. The van der Waals surface area contributed by atoms with Gasteiger partial charge in [-0.3, -0.25) is 19.2 Å². The molecule has 1 aromatic rings. The maximum Gasteiger partial charge on any atom is 0.250 e. The third kappa shape index (κ3) is 2.22. The Balaban J connectivity index is 2.48.